The van der Waals surface area contributed by atoms with Gasteiger partial charge in [-0.2, -0.15) is 11.8 Å². The molecule has 5 nitrogen and oxygen atoms in total. The Labute approximate surface area is 126 Å². The lowest BCUT2D eigenvalue weighted by Crippen LogP contribution is -2.34. The van der Waals surface area contributed by atoms with E-state index in [9.17, 15) is 8.42 Å². The highest BCUT2D eigenvalue weighted by Crippen LogP contribution is 2.15. The first kappa shape index (κ1) is 17.6. The van der Waals surface area contributed by atoms with E-state index in [1.54, 1.807) is 24.0 Å². The smallest absolute Gasteiger partial charge is 0.242 e. The molecule has 1 unspecified atom stereocenters. The quantitative estimate of drug-likeness (QED) is 0.726. The average molecular weight is 319 g/mol. The topological polar surface area (TPSA) is 63.1 Å². The fourth-order valence-corrected chi connectivity index (χ4v) is 3.98. The van der Waals surface area contributed by atoms with Gasteiger partial charge in [-0.15, -0.1) is 0 Å². The summed E-state index contributed by atoms with van der Waals surface area (Å²) in [7, 11) is -3.43. The molecular weight excluding hydrogens is 294 g/mol. The summed E-state index contributed by atoms with van der Waals surface area (Å²) in [6.45, 7) is 8.22. The van der Waals surface area contributed by atoms with E-state index in [0.29, 0.717) is 11.4 Å². The van der Waals surface area contributed by atoms with Crippen molar-refractivity contribution in [2.45, 2.75) is 44.8 Å². The average Bonchev–Trinajstić information content (AvgIpc) is 2.79. The van der Waals surface area contributed by atoms with Gasteiger partial charge in [0.1, 0.15) is 0 Å². The SMILES string of the molecule is CCNCc1cc(S(=O)(=O)NC(C)CSC)cn1CC. The van der Waals surface area contributed by atoms with Crippen LogP contribution in [-0.2, 0) is 23.1 Å². The lowest BCUT2D eigenvalue weighted by Gasteiger charge is -2.11. The highest BCUT2D eigenvalue weighted by molar-refractivity contribution is 7.98. The lowest BCUT2D eigenvalue weighted by molar-refractivity contribution is 0.570. The van der Waals surface area contributed by atoms with Gasteiger partial charge in [0, 0.05) is 36.8 Å². The number of thioether (sulfide) groups is 1. The molecule has 1 aromatic rings. The molecule has 2 N–H and O–H groups in total. The van der Waals surface area contributed by atoms with Crippen LogP contribution in [0.2, 0.25) is 0 Å². The number of hydrogen-bond donors (Lipinski definition) is 2. The van der Waals surface area contributed by atoms with Crippen LogP contribution in [0.5, 0.6) is 0 Å². The first-order valence-electron chi connectivity index (χ1n) is 6.85. The number of aromatic nitrogens is 1. The van der Waals surface area contributed by atoms with Crippen molar-refractivity contribution in [2.24, 2.45) is 0 Å². The second kappa shape index (κ2) is 8.07. The van der Waals surface area contributed by atoms with Crippen molar-refractivity contribution in [1.29, 1.82) is 0 Å². The normalized spacial score (nSPS) is 13.6. The van der Waals surface area contributed by atoms with E-state index >= 15 is 0 Å². The highest BCUT2D eigenvalue weighted by Gasteiger charge is 2.20. The number of nitrogens with one attached hydrogen (secondary N) is 2. The lowest BCUT2D eigenvalue weighted by atomic mass is 10.4. The molecule has 1 heterocycles. The monoisotopic (exact) mass is 319 g/mol. The van der Waals surface area contributed by atoms with Crippen molar-refractivity contribution in [3.8, 4) is 0 Å². The van der Waals surface area contributed by atoms with E-state index < -0.39 is 10.0 Å². The highest BCUT2D eigenvalue weighted by atomic mass is 32.2. The molecule has 0 fully saturated rings. The van der Waals surface area contributed by atoms with Crippen LogP contribution in [0.1, 0.15) is 26.5 Å². The second-order valence-electron chi connectivity index (χ2n) is 4.71. The van der Waals surface area contributed by atoms with E-state index in [-0.39, 0.29) is 6.04 Å². The molecule has 0 aliphatic carbocycles. The Balaban J connectivity index is 2.92. The molecule has 7 heteroatoms. The Morgan fingerprint density at radius 3 is 2.65 bits per heavy atom. The predicted molar refractivity (Wildman–Crippen MR) is 85.7 cm³/mol. The van der Waals surface area contributed by atoms with E-state index in [1.165, 1.54) is 0 Å². The van der Waals surface area contributed by atoms with Gasteiger partial charge in [0.25, 0.3) is 0 Å². The molecule has 0 radical (unpaired) electrons. The van der Waals surface area contributed by atoms with Crippen LogP contribution in [0.3, 0.4) is 0 Å². The van der Waals surface area contributed by atoms with Gasteiger partial charge in [0.15, 0.2) is 0 Å². The molecule has 0 aliphatic heterocycles. The molecule has 0 amide bonds. The Morgan fingerprint density at radius 2 is 2.10 bits per heavy atom. The summed E-state index contributed by atoms with van der Waals surface area (Å²) in [5, 5.41) is 3.23. The molecule has 0 aliphatic rings. The Kier molecular flexibility index (Phi) is 7.08. The van der Waals surface area contributed by atoms with E-state index in [2.05, 4.69) is 10.0 Å². The van der Waals surface area contributed by atoms with E-state index in [4.69, 9.17) is 0 Å². The number of rotatable bonds is 9. The van der Waals surface area contributed by atoms with Crippen molar-refractivity contribution < 1.29 is 8.42 Å². The maximum Gasteiger partial charge on any atom is 0.242 e. The molecule has 0 spiro atoms. The summed E-state index contributed by atoms with van der Waals surface area (Å²) in [5.74, 6) is 0.762. The van der Waals surface area contributed by atoms with Gasteiger partial charge in [0.05, 0.1) is 4.90 Å². The fraction of sp³-hybridized carbons (Fsp3) is 0.692. The van der Waals surface area contributed by atoms with Crippen molar-refractivity contribution in [3.63, 3.8) is 0 Å². The molecule has 1 atom stereocenters. The van der Waals surface area contributed by atoms with Crippen LogP contribution >= 0.6 is 11.8 Å². The number of hydrogen-bond acceptors (Lipinski definition) is 4. The van der Waals surface area contributed by atoms with Crippen LogP contribution in [0.15, 0.2) is 17.2 Å². The molecule has 116 valence electrons. The van der Waals surface area contributed by atoms with Gasteiger partial charge in [-0.25, -0.2) is 13.1 Å². The zero-order chi connectivity index (χ0) is 15.2. The molecule has 20 heavy (non-hydrogen) atoms. The summed E-state index contributed by atoms with van der Waals surface area (Å²) >= 11 is 1.63. The first-order chi connectivity index (χ1) is 9.44. The minimum atomic E-state index is -3.43. The van der Waals surface area contributed by atoms with Gasteiger partial charge in [-0.1, -0.05) is 6.92 Å². The Morgan fingerprint density at radius 1 is 1.40 bits per heavy atom. The number of aryl methyl sites for hydroxylation is 1. The maximum absolute atomic E-state index is 12.3. The van der Waals surface area contributed by atoms with Crippen LogP contribution in [0.4, 0.5) is 0 Å². The number of sulfonamides is 1. The fourth-order valence-electron chi connectivity index (χ4n) is 1.98. The summed E-state index contributed by atoms with van der Waals surface area (Å²) in [5.41, 5.74) is 0.993. The zero-order valence-electron chi connectivity index (χ0n) is 12.6. The molecule has 0 saturated carbocycles. The van der Waals surface area contributed by atoms with Crippen LogP contribution in [-0.4, -0.2) is 37.6 Å². The van der Waals surface area contributed by atoms with E-state index in [1.807, 2.05) is 31.6 Å². The summed E-state index contributed by atoms with van der Waals surface area (Å²) < 4.78 is 29.3. The Hall–Kier alpha value is -0.500. The van der Waals surface area contributed by atoms with Gasteiger partial charge >= 0.3 is 0 Å². The van der Waals surface area contributed by atoms with Crippen molar-refractivity contribution >= 4 is 21.8 Å². The minimum absolute atomic E-state index is 0.0720. The minimum Gasteiger partial charge on any atom is -0.349 e. The third-order valence-corrected chi connectivity index (χ3v) is 5.33. The molecule has 1 aromatic heterocycles. The molecular formula is C13H25N3O2S2. The van der Waals surface area contributed by atoms with Gasteiger partial charge in [0.2, 0.25) is 10.0 Å². The first-order valence-corrected chi connectivity index (χ1v) is 9.73. The molecule has 1 rings (SSSR count). The molecule has 0 saturated heterocycles. The largest absolute Gasteiger partial charge is 0.349 e. The maximum atomic E-state index is 12.3. The van der Waals surface area contributed by atoms with Gasteiger partial charge in [-0.3, -0.25) is 0 Å². The Bertz CT molecular complexity index is 512. The molecule has 0 aromatic carbocycles. The third-order valence-electron chi connectivity index (χ3n) is 2.94. The second-order valence-corrected chi connectivity index (χ2v) is 7.34. The van der Waals surface area contributed by atoms with E-state index in [0.717, 1.165) is 24.5 Å². The van der Waals surface area contributed by atoms with Crippen molar-refractivity contribution in [2.75, 3.05) is 18.6 Å². The standard InChI is InChI=1S/C13H25N3O2S2/c1-5-14-8-12-7-13(9-16(12)6-2)20(17,18)15-11(3)10-19-4/h7,9,11,14-15H,5-6,8,10H2,1-4H3. The van der Waals surface area contributed by atoms with Gasteiger partial charge < -0.3 is 9.88 Å². The van der Waals surface area contributed by atoms with Gasteiger partial charge in [-0.05, 0) is 32.7 Å². The van der Waals surface area contributed by atoms with Crippen LogP contribution < -0.4 is 10.0 Å². The summed E-state index contributed by atoms with van der Waals surface area (Å²) in [6, 6.07) is 1.68. The third kappa shape index (κ3) is 4.80. The number of nitrogens with zero attached hydrogens (tertiary/aromatic N) is 1. The van der Waals surface area contributed by atoms with Crippen LogP contribution in [0, 0.1) is 0 Å². The summed E-state index contributed by atoms with van der Waals surface area (Å²) in [4.78, 5) is 0.347. The predicted octanol–water partition coefficient (Wildman–Crippen LogP) is 1.65. The molecule has 0 bridgehead atoms. The zero-order valence-corrected chi connectivity index (χ0v) is 14.3. The van der Waals surface area contributed by atoms with Crippen molar-refractivity contribution in [3.05, 3.63) is 18.0 Å². The van der Waals surface area contributed by atoms with Crippen LogP contribution in [0.25, 0.3) is 0 Å². The van der Waals surface area contributed by atoms with Crippen molar-refractivity contribution in [1.82, 2.24) is 14.6 Å². The summed E-state index contributed by atoms with van der Waals surface area (Å²) in [6.07, 6.45) is 3.67.